The Kier molecular flexibility index (Phi) is 4.93. The van der Waals surface area contributed by atoms with Crippen LogP contribution in [-0.4, -0.2) is 52.3 Å². The number of carboxylic acids is 1. The third kappa shape index (κ3) is 3.51. The van der Waals surface area contributed by atoms with Crippen molar-refractivity contribution in [3.63, 3.8) is 0 Å². The summed E-state index contributed by atoms with van der Waals surface area (Å²) in [6.07, 6.45) is 0.0362. The van der Waals surface area contributed by atoms with Crippen molar-refractivity contribution in [3.05, 3.63) is 28.8 Å². The van der Waals surface area contributed by atoms with Crippen LogP contribution in [0.2, 0.25) is 5.02 Å². The van der Waals surface area contributed by atoms with Crippen LogP contribution in [0.4, 0.5) is 0 Å². The first-order chi connectivity index (χ1) is 10.3. The molecule has 0 radical (unpaired) electrons. The Morgan fingerprint density at radius 2 is 2.00 bits per heavy atom. The van der Waals surface area contributed by atoms with E-state index in [0.717, 1.165) is 5.56 Å². The van der Waals surface area contributed by atoms with E-state index in [0.29, 0.717) is 10.8 Å². The van der Waals surface area contributed by atoms with Gasteiger partial charge in [-0.25, -0.2) is 4.79 Å². The Labute approximate surface area is 133 Å². The highest BCUT2D eigenvalue weighted by Gasteiger charge is 2.40. The van der Waals surface area contributed by atoms with Gasteiger partial charge in [-0.1, -0.05) is 17.7 Å². The maximum atomic E-state index is 12.1. The fourth-order valence-electron chi connectivity index (χ4n) is 2.31. The lowest BCUT2D eigenvalue weighted by Crippen LogP contribution is -2.51. The Bertz CT molecular complexity index is 581. The Hall–Kier alpha value is -1.79. The first kappa shape index (κ1) is 16.6. The molecule has 0 unspecified atom stereocenters. The second-order valence-corrected chi connectivity index (χ2v) is 5.78. The standard InChI is InChI=1S/C15H18ClNO5/c1-10-11(16)3-2-4-12(10)22-9-13(18)17-7-5-15(21,6-8-17)14(19)20/h2-4,21H,5-9H2,1H3,(H,19,20). The molecule has 1 amide bonds. The zero-order valence-electron chi connectivity index (χ0n) is 12.2. The molecule has 2 rings (SSSR count). The molecule has 1 aliphatic heterocycles. The second kappa shape index (κ2) is 6.54. The van der Waals surface area contributed by atoms with Gasteiger partial charge in [0.15, 0.2) is 12.2 Å². The number of carbonyl (C=O) groups is 2. The zero-order chi connectivity index (χ0) is 16.3. The maximum Gasteiger partial charge on any atom is 0.335 e. The van der Waals surface area contributed by atoms with Gasteiger partial charge < -0.3 is 19.8 Å². The van der Waals surface area contributed by atoms with Crippen LogP contribution < -0.4 is 4.74 Å². The first-order valence-electron chi connectivity index (χ1n) is 6.95. The SMILES string of the molecule is Cc1c(Cl)cccc1OCC(=O)N1CCC(O)(C(=O)O)CC1. The van der Waals surface area contributed by atoms with Crippen LogP contribution in [0.3, 0.4) is 0 Å². The van der Waals surface area contributed by atoms with Gasteiger partial charge in [0.05, 0.1) is 0 Å². The summed E-state index contributed by atoms with van der Waals surface area (Å²) in [5.41, 5.74) is -0.975. The highest BCUT2D eigenvalue weighted by Crippen LogP contribution is 2.26. The fourth-order valence-corrected chi connectivity index (χ4v) is 2.48. The molecule has 1 aromatic carbocycles. The molecule has 1 aliphatic rings. The van der Waals surface area contributed by atoms with Gasteiger partial charge in [0.1, 0.15) is 5.75 Å². The molecule has 6 nitrogen and oxygen atoms in total. The van der Waals surface area contributed by atoms with E-state index in [1.54, 1.807) is 25.1 Å². The lowest BCUT2D eigenvalue weighted by atomic mass is 9.92. The number of hydrogen-bond donors (Lipinski definition) is 2. The molecule has 0 saturated carbocycles. The molecule has 0 aromatic heterocycles. The molecule has 1 aromatic rings. The van der Waals surface area contributed by atoms with Crippen molar-refractivity contribution >= 4 is 23.5 Å². The second-order valence-electron chi connectivity index (χ2n) is 5.37. The molecule has 1 saturated heterocycles. The Balaban J connectivity index is 1.89. The van der Waals surface area contributed by atoms with Gasteiger partial charge in [-0.05, 0) is 19.1 Å². The van der Waals surface area contributed by atoms with E-state index in [4.69, 9.17) is 21.4 Å². The molecule has 0 spiro atoms. The summed E-state index contributed by atoms with van der Waals surface area (Å²) in [4.78, 5) is 24.5. The monoisotopic (exact) mass is 327 g/mol. The van der Waals surface area contributed by atoms with E-state index in [2.05, 4.69) is 0 Å². The number of aliphatic hydroxyl groups is 1. The van der Waals surface area contributed by atoms with Crippen LogP contribution in [0.25, 0.3) is 0 Å². The first-order valence-corrected chi connectivity index (χ1v) is 7.33. The minimum absolute atomic E-state index is 0.0181. The molecule has 0 bridgehead atoms. The minimum Gasteiger partial charge on any atom is -0.483 e. The largest absolute Gasteiger partial charge is 0.483 e. The van der Waals surface area contributed by atoms with E-state index >= 15 is 0 Å². The number of piperidine rings is 1. The topological polar surface area (TPSA) is 87.1 Å². The van der Waals surface area contributed by atoms with E-state index in [1.165, 1.54) is 4.90 Å². The number of amides is 1. The van der Waals surface area contributed by atoms with Crippen LogP contribution in [-0.2, 0) is 9.59 Å². The highest BCUT2D eigenvalue weighted by molar-refractivity contribution is 6.31. The zero-order valence-corrected chi connectivity index (χ0v) is 13.0. The molecular formula is C15H18ClNO5. The van der Waals surface area contributed by atoms with Crippen molar-refractivity contribution < 1.29 is 24.5 Å². The van der Waals surface area contributed by atoms with Crippen LogP contribution in [0.5, 0.6) is 5.75 Å². The van der Waals surface area contributed by atoms with Gasteiger partial charge >= 0.3 is 5.97 Å². The molecule has 22 heavy (non-hydrogen) atoms. The lowest BCUT2D eigenvalue weighted by molar-refractivity contribution is -0.165. The Morgan fingerprint density at radius 1 is 1.36 bits per heavy atom. The number of nitrogens with zero attached hydrogens (tertiary/aromatic N) is 1. The number of hydrogen-bond acceptors (Lipinski definition) is 4. The summed E-state index contributed by atoms with van der Waals surface area (Å²) >= 11 is 5.98. The number of likely N-dealkylation sites (tertiary alicyclic amines) is 1. The van der Waals surface area contributed by atoms with Gasteiger partial charge in [-0.3, -0.25) is 4.79 Å². The summed E-state index contributed by atoms with van der Waals surface area (Å²) in [6.45, 7) is 2.04. The van der Waals surface area contributed by atoms with E-state index in [-0.39, 0.29) is 38.4 Å². The minimum atomic E-state index is -1.73. The summed E-state index contributed by atoms with van der Waals surface area (Å²) in [5, 5.41) is 19.3. The van der Waals surface area contributed by atoms with Gasteiger partial charge in [0.25, 0.3) is 5.91 Å². The fraction of sp³-hybridized carbons (Fsp3) is 0.467. The smallest absolute Gasteiger partial charge is 0.335 e. The van der Waals surface area contributed by atoms with Crippen molar-refractivity contribution in [2.75, 3.05) is 19.7 Å². The summed E-state index contributed by atoms with van der Waals surface area (Å²) in [5.74, 6) is -0.947. The molecular weight excluding hydrogens is 310 g/mol. The average Bonchev–Trinajstić information content (AvgIpc) is 2.49. The third-order valence-corrected chi connectivity index (χ3v) is 4.32. The van der Waals surface area contributed by atoms with Gasteiger partial charge in [0, 0.05) is 36.5 Å². The summed E-state index contributed by atoms with van der Waals surface area (Å²) < 4.78 is 5.48. The Morgan fingerprint density at radius 3 is 2.59 bits per heavy atom. The van der Waals surface area contributed by atoms with Crippen LogP contribution >= 0.6 is 11.6 Å². The number of rotatable bonds is 4. The maximum absolute atomic E-state index is 12.1. The predicted molar refractivity (Wildman–Crippen MR) is 80.1 cm³/mol. The number of ether oxygens (including phenoxy) is 1. The summed E-state index contributed by atoms with van der Waals surface area (Å²) in [7, 11) is 0. The molecule has 120 valence electrons. The molecule has 7 heteroatoms. The van der Waals surface area contributed by atoms with E-state index in [1.807, 2.05) is 0 Å². The normalized spacial score (nSPS) is 17.1. The van der Waals surface area contributed by atoms with Crippen LogP contribution in [0, 0.1) is 6.92 Å². The lowest BCUT2D eigenvalue weighted by Gasteiger charge is -2.35. The summed E-state index contributed by atoms with van der Waals surface area (Å²) in [6, 6.07) is 5.21. The van der Waals surface area contributed by atoms with E-state index < -0.39 is 11.6 Å². The average molecular weight is 328 g/mol. The molecule has 0 aliphatic carbocycles. The number of carbonyl (C=O) groups excluding carboxylic acids is 1. The van der Waals surface area contributed by atoms with Crippen LogP contribution in [0.1, 0.15) is 18.4 Å². The van der Waals surface area contributed by atoms with Crippen LogP contribution in [0.15, 0.2) is 18.2 Å². The van der Waals surface area contributed by atoms with Crippen molar-refractivity contribution in [2.45, 2.75) is 25.4 Å². The quantitative estimate of drug-likeness (QED) is 0.874. The van der Waals surface area contributed by atoms with E-state index in [9.17, 15) is 14.7 Å². The number of aliphatic carboxylic acids is 1. The highest BCUT2D eigenvalue weighted by atomic mass is 35.5. The van der Waals surface area contributed by atoms with Crippen molar-refractivity contribution in [1.82, 2.24) is 4.90 Å². The van der Waals surface area contributed by atoms with Gasteiger partial charge in [-0.15, -0.1) is 0 Å². The molecule has 0 atom stereocenters. The predicted octanol–water partition coefficient (Wildman–Crippen LogP) is 1.47. The molecule has 1 fully saturated rings. The number of carboxylic acid groups (broad SMARTS) is 1. The van der Waals surface area contributed by atoms with Gasteiger partial charge in [-0.2, -0.15) is 0 Å². The van der Waals surface area contributed by atoms with Crippen molar-refractivity contribution in [1.29, 1.82) is 0 Å². The molecule has 2 N–H and O–H groups in total. The number of halogens is 1. The van der Waals surface area contributed by atoms with Crippen molar-refractivity contribution in [3.8, 4) is 5.75 Å². The number of benzene rings is 1. The van der Waals surface area contributed by atoms with Crippen molar-refractivity contribution in [2.24, 2.45) is 0 Å². The molecule has 1 heterocycles. The van der Waals surface area contributed by atoms with Gasteiger partial charge in [0.2, 0.25) is 0 Å². The third-order valence-electron chi connectivity index (χ3n) is 3.91.